The predicted molar refractivity (Wildman–Crippen MR) is 131 cm³/mol. The van der Waals surface area contributed by atoms with Crippen molar-refractivity contribution in [3.8, 4) is 5.75 Å². The predicted octanol–water partition coefficient (Wildman–Crippen LogP) is 4.96. The third-order valence-electron chi connectivity index (χ3n) is 6.40. The molecule has 1 aliphatic heterocycles. The molecule has 0 spiro atoms. The smallest absolute Gasteiger partial charge is 0.119 e. The van der Waals surface area contributed by atoms with E-state index < -0.39 is 0 Å². The van der Waals surface area contributed by atoms with Crippen molar-refractivity contribution in [3.05, 3.63) is 75.9 Å². The molecule has 3 heterocycles. The number of morpholine rings is 1. The van der Waals surface area contributed by atoms with Crippen molar-refractivity contribution in [2.24, 2.45) is 0 Å². The summed E-state index contributed by atoms with van der Waals surface area (Å²) in [7, 11) is 1.71. The number of pyridine rings is 1. The second-order valence-corrected chi connectivity index (χ2v) is 9.35. The highest BCUT2D eigenvalue weighted by atomic mass is 16.5. The third-order valence-corrected chi connectivity index (χ3v) is 6.40. The Bertz CT molecular complexity index is 1110. The molecule has 176 valence electrons. The van der Waals surface area contributed by atoms with Gasteiger partial charge in [-0.15, -0.1) is 0 Å². The third kappa shape index (κ3) is 5.45. The van der Waals surface area contributed by atoms with Gasteiger partial charge in [0.15, 0.2) is 0 Å². The number of aromatic nitrogens is 3. The van der Waals surface area contributed by atoms with Gasteiger partial charge in [-0.2, -0.15) is 5.10 Å². The summed E-state index contributed by atoms with van der Waals surface area (Å²) >= 11 is 0. The van der Waals surface area contributed by atoms with Crippen LogP contribution in [0.4, 0.5) is 0 Å². The average molecular weight is 449 g/mol. The Kier molecular flexibility index (Phi) is 7.15. The summed E-state index contributed by atoms with van der Waals surface area (Å²) in [5.41, 5.74) is 8.24. The highest BCUT2D eigenvalue weighted by Crippen LogP contribution is 2.26. The average Bonchev–Trinajstić information content (AvgIpc) is 3.07. The number of hydrogen-bond donors (Lipinski definition) is 0. The van der Waals surface area contributed by atoms with Crippen LogP contribution in [-0.2, 0) is 17.7 Å². The van der Waals surface area contributed by atoms with E-state index in [0.717, 1.165) is 48.9 Å². The normalized spacial score (nSPS) is 17.0. The summed E-state index contributed by atoms with van der Waals surface area (Å²) < 4.78 is 13.7. The van der Waals surface area contributed by atoms with Crippen molar-refractivity contribution in [2.75, 3.05) is 26.8 Å². The van der Waals surface area contributed by atoms with Gasteiger partial charge >= 0.3 is 0 Å². The van der Waals surface area contributed by atoms with E-state index >= 15 is 0 Å². The molecule has 2 aromatic heterocycles. The van der Waals surface area contributed by atoms with E-state index in [0.29, 0.717) is 12.6 Å². The van der Waals surface area contributed by atoms with Crippen molar-refractivity contribution in [3.63, 3.8) is 0 Å². The van der Waals surface area contributed by atoms with Crippen LogP contribution in [0.1, 0.15) is 65.5 Å². The molecule has 1 aliphatic rings. The number of hydrogen-bond acceptors (Lipinski definition) is 5. The van der Waals surface area contributed by atoms with Gasteiger partial charge in [0.25, 0.3) is 0 Å². The Hall–Kier alpha value is -2.70. The van der Waals surface area contributed by atoms with Gasteiger partial charge in [-0.1, -0.05) is 12.1 Å². The van der Waals surface area contributed by atoms with Gasteiger partial charge in [-0.3, -0.25) is 14.6 Å². The molecular formula is C27H36N4O2. The number of rotatable bonds is 7. The summed E-state index contributed by atoms with van der Waals surface area (Å²) in [4.78, 5) is 7.32. The van der Waals surface area contributed by atoms with E-state index in [9.17, 15) is 0 Å². The minimum atomic E-state index is -0.0246. The van der Waals surface area contributed by atoms with Gasteiger partial charge in [0, 0.05) is 42.6 Å². The first-order valence-corrected chi connectivity index (χ1v) is 11.8. The molecule has 0 unspecified atom stereocenters. The summed E-state index contributed by atoms with van der Waals surface area (Å²) in [5, 5.41) is 4.77. The second-order valence-electron chi connectivity index (χ2n) is 9.35. The molecule has 6 heteroatoms. The molecule has 4 rings (SSSR count). The van der Waals surface area contributed by atoms with Gasteiger partial charge < -0.3 is 9.47 Å². The van der Waals surface area contributed by atoms with E-state index in [1.165, 1.54) is 22.4 Å². The van der Waals surface area contributed by atoms with E-state index in [4.69, 9.17) is 19.6 Å². The highest BCUT2D eigenvalue weighted by molar-refractivity contribution is 5.34. The molecule has 0 amide bonds. The fourth-order valence-electron chi connectivity index (χ4n) is 4.73. The maximum atomic E-state index is 6.19. The molecular weight excluding hydrogens is 412 g/mol. The molecule has 0 aliphatic carbocycles. The van der Waals surface area contributed by atoms with Gasteiger partial charge in [0.2, 0.25) is 0 Å². The molecule has 0 bridgehead atoms. The summed E-state index contributed by atoms with van der Waals surface area (Å²) in [5.74, 6) is 0.885. The van der Waals surface area contributed by atoms with Crippen LogP contribution in [0.15, 0.2) is 36.4 Å². The van der Waals surface area contributed by atoms with Gasteiger partial charge in [0.05, 0.1) is 25.1 Å². The Balaban J connectivity index is 1.50. The van der Waals surface area contributed by atoms with Crippen LogP contribution in [0.5, 0.6) is 5.75 Å². The summed E-state index contributed by atoms with van der Waals surface area (Å²) in [6.07, 6.45) is 0.819. The number of benzene rings is 1. The zero-order chi connectivity index (χ0) is 23.5. The largest absolute Gasteiger partial charge is 0.497 e. The van der Waals surface area contributed by atoms with Gasteiger partial charge in [-0.25, -0.2) is 0 Å². The fourth-order valence-corrected chi connectivity index (χ4v) is 4.73. The molecule has 1 aromatic carbocycles. The first-order chi connectivity index (χ1) is 15.8. The minimum absolute atomic E-state index is 0.0246. The molecule has 6 nitrogen and oxygen atoms in total. The number of methoxy groups -OCH3 is 1. The topological polar surface area (TPSA) is 52.4 Å². The Morgan fingerprint density at radius 3 is 2.67 bits per heavy atom. The molecule has 0 radical (unpaired) electrons. The molecule has 1 saturated heterocycles. The Morgan fingerprint density at radius 1 is 1.12 bits per heavy atom. The zero-order valence-electron chi connectivity index (χ0n) is 20.8. The van der Waals surface area contributed by atoms with E-state index in [-0.39, 0.29) is 6.10 Å². The lowest BCUT2D eigenvalue weighted by Gasteiger charge is -2.33. The van der Waals surface area contributed by atoms with Crippen LogP contribution in [0.3, 0.4) is 0 Å². The molecule has 33 heavy (non-hydrogen) atoms. The standard InChI is InChI=1S/C27H36N4O2/c1-18(2)31-21(5)25(20(4)29-31)16-30-10-11-33-27(17-30)26-15-23(12-19(3)28-26)13-22-8-7-9-24(14-22)32-6/h7-9,12,14-15,18,27H,10-11,13,16-17H2,1-6H3/t27-/m1/s1. The molecule has 1 atom stereocenters. The number of nitrogens with zero attached hydrogens (tertiary/aromatic N) is 4. The second kappa shape index (κ2) is 10.1. The fraction of sp³-hybridized carbons (Fsp3) is 0.481. The van der Waals surface area contributed by atoms with Crippen LogP contribution in [0, 0.1) is 20.8 Å². The van der Waals surface area contributed by atoms with Crippen molar-refractivity contribution < 1.29 is 9.47 Å². The lowest BCUT2D eigenvalue weighted by Crippen LogP contribution is -2.38. The molecule has 0 N–H and O–H groups in total. The van der Waals surface area contributed by atoms with Crippen LogP contribution in [0.25, 0.3) is 0 Å². The van der Waals surface area contributed by atoms with Crippen molar-refractivity contribution in [1.82, 2.24) is 19.7 Å². The van der Waals surface area contributed by atoms with Gasteiger partial charge in [-0.05, 0) is 76.4 Å². The quantitative estimate of drug-likeness (QED) is 0.511. The molecule has 1 fully saturated rings. The van der Waals surface area contributed by atoms with Crippen LogP contribution in [0.2, 0.25) is 0 Å². The van der Waals surface area contributed by atoms with E-state index in [2.05, 4.69) is 68.5 Å². The Morgan fingerprint density at radius 2 is 1.94 bits per heavy atom. The number of ether oxygens (including phenoxy) is 2. The van der Waals surface area contributed by atoms with Crippen LogP contribution < -0.4 is 4.74 Å². The maximum Gasteiger partial charge on any atom is 0.119 e. The summed E-state index contributed by atoms with van der Waals surface area (Å²) in [6, 6.07) is 13.0. The lowest BCUT2D eigenvalue weighted by molar-refractivity contribution is -0.0352. The summed E-state index contributed by atoms with van der Waals surface area (Å²) in [6.45, 7) is 14.1. The lowest BCUT2D eigenvalue weighted by atomic mass is 10.0. The first-order valence-electron chi connectivity index (χ1n) is 11.8. The zero-order valence-corrected chi connectivity index (χ0v) is 20.8. The van der Waals surface area contributed by atoms with Crippen molar-refractivity contribution in [2.45, 2.75) is 59.7 Å². The van der Waals surface area contributed by atoms with E-state index in [1.54, 1.807) is 7.11 Å². The SMILES string of the molecule is COc1cccc(Cc2cc(C)nc([C@H]3CN(Cc4c(C)nn(C(C)C)c4C)CCO3)c2)c1. The van der Waals surface area contributed by atoms with Crippen LogP contribution >= 0.6 is 0 Å². The van der Waals surface area contributed by atoms with E-state index in [1.807, 2.05) is 12.1 Å². The number of aryl methyl sites for hydroxylation is 2. The van der Waals surface area contributed by atoms with Crippen LogP contribution in [-0.4, -0.2) is 46.5 Å². The first kappa shape index (κ1) is 23.5. The molecule has 0 saturated carbocycles. The highest BCUT2D eigenvalue weighted by Gasteiger charge is 2.25. The van der Waals surface area contributed by atoms with Crippen molar-refractivity contribution >= 4 is 0 Å². The minimum Gasteiger partial charge on any atom is -0.497 e. The Labute approximate surface area is 197 Å². The van der Waals surface area contributed by atoms with Crippen molar-refractivity contribution in [1.29, 1.82) is 0 Å². The monoisotopic (exact) mass is 448 g/mol. The maximum absolute atomic E-state index is 6.19. The molecule has 3 aromatic rings. The van der Waals surface area contributed by atoms with Gasteiger partial charge in [0.1, 0.15) is 11.9 Å².